The monoisotopic (exact) mass is 605 g/mol. The fourth-order valence-corrected chi connectivity index (χ4v) is 8.96. The Kier molecular flexibility index (Phi) is 12.9. The number of fused-ring (bicyclic) bond motifs is 2. The fraction of sp³-hybridized carbons (Fsp3) is 0.815. The highest BCUT2D eigenvalue weighted by molar-refractivity contribution is 6.65. The van der Waals surface area contributed by atoms with Crippen LogP contribution in [0.3, 0.4) is 0 Å². The number of alkyl halides is 4. The zero-order chi connectivity index (χ0) is 26.3. The van der Waals surface area contributed by atoms with Gasteiger partial charge in [0.1, 0.15) is 9.75 Å². The predicted molar refractivity (Wildman–Crippen MR) is 155 cm³/mol. The number of hydrogen-bond acceptors (Lipinski definition) is 1. The average molecular weight is 608 g/mol. The smallest absolute Gasteiger partial charge is 0.222 e. The topological polar surface area (TPSA) is 20.3 Å². The Balaban J connectivity index is 1.91. The zero-order valence-electron chi connectivity index (χ0n) is 21.2. The lowest BCUT2D eigenvalue weighted by Gasteiger charge is -2.37. The Morgan fingerprint density at radius 2 is 1.26 bits per heavy atom. The molecule has 202 valence electrons. The first-order valence-electron chi connectivity index (χ1n) is 13.2. The maximum absolute atomic E-state index is 12.0. The summed E-state index contributed by atoms with van der Waals surface area (Å²) in [7, 11) is 1.81. The van der Waals surface area contributed by atoms with Crippen molar-refractivity contribution in [3.8, 4) is 0 Å². The van der Waals surface area contributed by atoms with E-state index in [0.29, 0.717) is 23.0 Å². The maximum Gasteiger partial charge on any atom is 0.222 e. The van der Waals surface area contributed by atoms with E-state index in [-0.39, 0.29) is 17.7 Å². The number of halogens is 6. The summed E-state index contributed by atoms with van der Waals surface area (Å²) < 4.78 is -1.45. The van der Waals surface area contributed by atoms with Crippen LogP contribution in [-0.2, 0) is 4.79 Å². The second kappa shape index (κ2) is 14.2. The third kappa shape index (κ3) is 6.47. The number of likely N-dealkylation sites (N-methyl/N-ethyl adjacent to an activating group) is 1. The quantitative estimate of drug-likeness (QED) is 0.0915. The molecule has 8 heteroatoms. The van der Waals surface area contributed by atoms with Crippen LogP contribution in [0.15, 0.2) is 22.7 Å². The first kappa shape index (κ1) is 31.9. The highest BCUT2D eigenvalue weighted by atomic mass is 35.5. The van der Waals surface area contributed by atoms with E-state index in [1.54, 1.807) is 11.0 Å². The first-order chi connectivity index (χ1) is 16.5. The normalized spacial score (nSPS) is 29.1. The zero-order valence-corrected chi connectivity index (χ0v) is 25.7. The molecule has 0 unspecified atom stereocenters. The third-order valence-electron chi connectivity index (χ3n) is 7.86. The van der Waals surface area contributed by atoms with Gasteiger partial charge in [0, 0.05) is 20.0 Å². The Morgan fingerprint density at radius 3 is 1.71 bits per heavy atom. The molecule has 0 N–H and O–H groups in total. The summed E-state index contributed by atoms with van der Waals surface area (Å²) in [5, 5.41) is 0.631. The molecule has 0 aromatic carbocycles. The molecule has 35 heavy (non-hydrogen) atoms. The number of nitrogens with zero attached hydrogens (tertiary/aromatic N) is 1. The van der Waals surface area contributed by atoms with Crippen LogP contribution in [0, 0.1) is 11.8 Å². The van der Waals surface area contributed by atoms with Crippen LogP contribution < -0.4 is 0 Å². The summed E-state index contributed by atoms with van der Waals surface area (Å²) in [5.41, 5.74) is 0. The van der Waals surface area contributed by atoms with Gasteiger partial charge in [0.05, 0.1) is 10.1 Å². The number of carbonyl (C=O) groups excluding carboxylic acids is 1. The highest BCUT2D eigenvalue weighted by Gasteiger charge is 2.81. The molecule has 0 saturated heterocycles. The number of rotatable bonds is 17. The van der Waals surface area contributed by atoms with Crippen molar-refractivity contribution in [2.45, 2.75) is 111 Å². The second-order valence-electron chi connectivity index (χ2n) is 10.3. The first-order valence-corrected chi connectivity index (χ1v) is 15.4. The molecule has 0 heterocycles. The lowest BCUT2D eigenvalue weighted by molar-refractivity contribution is -0.129. The highest BCUT2D eigenvalue weighted by Crippen LogP contribution is 2.77. The van der Waals surface area contributed by atoms with Crippen LogP contribution in [0.1, 0.15) is 96.8 Å². The van der Waals surface area contributed by atoms with Crippen molar-refractivity contribution in [3.63, 3.8) is 0 Å². The minimum absolute atomic E-state index is 0.0177. The van der Waals surface area contributed by atoms with Gasteiger partial charge in [-0.05, 0) is 31.1 Å². The van der Waals surface area contributed by atoms with Crippen molar-refractivity contribution in [2.24, 2.45) is 11.8 Å². The van der Waals surface area contributed by atoms with E-state index >= 15 is 0 Å². The van der Waals surface area contributed by atoms with Crippen LogP contribution >= 0.6 is 69.6 Å². The Labute approximate surface area is 243 Å². The molecular weight excluding hydrogens is 567 g/mol. The Hall–Kier alpha value is 0.690. The van der Waals surface area contributed by atoms with E-state index in [4.69, 9.17) is 69.6 Å². The molecule has 0 radical (unpaired) electrons. The molecule has 2 rings (SSSR count). The summed E-state index contributed by atoms with van der Waals surface area (Å²) in [6.45, 7) is 6.49. The van der Waals surface area contributed by atoms with Crippen molar-refractivity contribution in [1.82, 2.24) is 4.90 Å². The average Bonchev–Trinajstić information content (AvgIpc) is 3.01. The minimum Gasteiger partial charge on any atom is -0.342 e. The van der Waals surface area contributed by atoms with Gasteiger partial charge in [0.25, 0.3) is 0 Å². The van der Waals surface area contributed by atoms with Crippen molar-refractivity contribution in [1.29, 1.82) is 0 Å². The van der Waals surface area contributed by atoms with Gasteiger partial charge in [-0.25, -0.2) is 0 Å². The van der Waals surface area contributed by atoms with Crippen LogP contribution in [-0.4, -0.2) is 38.5 Å². The molecule has 0 aliphatic heterocycles. The van der Waals surface area contributed by atoms with E-state index < -0.39 is 14.1 Å². The van der Waals surface area contributed by atoms with Crippen LogP contribution in [0.2, 0.25) is 0 Å². The van der Waals surface area contributed by atoms with Crippen molar-refractivity contribution >= 4 is 75.5 Å². The minimum atomic E-state index is -1.45. The summed E-state index contributed by atoms with van der Waals surface area (Å²) in [6.07, 6.45) is 16.2. The Morgan fingerprint density at radius 1 is 0.829 bits per heavy atom. The standard InChI is InChI=1S/C27H41Cl6NO/c1-4-6-7-8-10-13-16-20-21(26(31)24(29)23(28)25(20,30)27(26,32)33)17-14-11-9-12-15-18-22(35)34(3)19-5-2/h5,20-21H,2,4,6-19H2,1,3H3/t20-,21-,25+,26+/m1/s1. The summed E-state index contributed by atoms with van der Waals surface area (Å²) in [5.74, 6) is 0.118. The molecule has 0 spiro atoms. The largest absolute Gasteiger partial charge is 0.342 e. The van der Waals surface area contributed by atoms with Gasteiger partial charge in [0.2, 0.25) is 5.91 Å². The van der Waals surface area contributed by atoms with E-state index in [9.17, 15) is 4.79 Å². The van der Waals surface area contributed by atoms with Crippen molar-refractivity contribution in [2.75, 3.05) is 13.6 Å². The van der Waals surface area contributed by atoms with Gasteiger partial charge >= 0.3 is 0 Å². The van der Waals surface area contributed by atoms with E-state index in [1.165, 1.54) is 25.7 Å². The van der Waals surface area contributed by atoms with Gasteiger partial charge in [0.15, 0.2) is 4.33 Å². The summed E-state index contributed by atoms with van der Waals surface area (Å²) in [4.78, 5) is 11.4. The van der Waals surface area contributed by atoms with E-state index in [0.717, 1.165) is 57.8 Å². The fourth-order valence-electron chi connectivity index (χ4n) is 5.81. The van der Waals surface area contributed by atoms with Crippen molar-refractivity contribution in [3.05, 3.63) is 22.7 Å². The van der Waals surface area contributed by atoms with Gasteiger partial charge < -0.3 is 4.90 Å². The van der Waals surface area contributed by atoms with Crippen LogP contribution in [0.4, 0.5) is 0 Å². The molecule has 2 aliphatic carbocycles. The summed E-state index contributed by atoms with van der Waals surface area (Å²) in [6, 6.07) is 0. The van der Waals surface area contributed by atoms with Gasteiger partial charge in [-0.3, -0.25) is 4.79 Å². The van der Waals surface area contributed by atoms with Crippen LogP contribution in [0.25, 0.3) is 0 Å². The van der Waals surface area contributed by atoms with Gasteiger partial charge in [-0.2, -0.15) is 0 Å². The lowest BCUT2D eigenvalue weighted by Crippen LogP contribution is -2.44. The van der Waals surface area contributed by atoms with Crippen molar-refractivity contribution < 1.29 is 4.79 Å². The van der Waals surface area contributed by atoms with E-state index in [1.807, 2.05) is 7.05 Å². The van der Waals surface area contributed by atoms with Gasteiger partial charge in [-0.15, -0.1) is 29.8 Å². The second-order valence-corrected chi connectivity index (χ2v) is 13.5. The number of amides is 1. The van der Waals surface area contributed by atoms with Gasteiger partial charge in [-0.1, -0.05) is 124 Å². The molecule has 2 nitrogen and oxygen atoms in total. The SMILES string of the molecule is C=CCN(C)C(=O)CCCCCCC[C@@H]1[C@@H](CCCCCCCC)[C@]2(Cl)C(Cl)=C(Cl)[C@]1(Cl)C2(Cl)Cl. The molecule has 2 bridgehead atoms. The number of hydrogen-bond donors (Lipinski definition) is 0. The number of carbonyl (C=O) groups is 1. The predicted octanol–water partition coefficient (Wildman–Crippen LogP) is 10.2. The maximum atomic E-state index is 12.0. The lowest BCUT2D eigenvalue weighted by atomic mass is 9.76. The molecule has 1 amide bonds. The Bertz CT molecular complexity index is 756. The molecule has 2 aliphatic rings. The summed E-state index contributed by atoms with van der Waals surface area (Å²) >= 11 is 41.3. The molecule has 4 atom stereocenters. The third-order valence-corrected chi connectivity index (χ3v) is 12.2. The number of unbranched alkanes of at least 4 members (excludes halogenated alkanes) is 9. The molecule has 0 aromatic rings. The number of allylic oxidation sites excluding steroid dienone is 2. The molecular formula is C27H41Cl6NO. The molecule has 1 fully saturated rings. The molecule has 1 saturated carbocycles. The van der Waals surface area contributed by atoms with Crippen LogP contribution in [0.5, 0.6) is 0 Å². The molecule has 0 aromatic heterocycles. The van der Waals surface area contributed by atoms with E-state index in [2.05, 4.69) is 13.5 Å².